The highest BCUT2D eigenvalue weighted by atomic mass is 16.7. The van der Waals surface area contributed by atoms with Gasteiger partial charge in [0.15, 0.2) is 12.6 Å². The lowest BCUT2D eigenvalue weighted by molar-refractivity contribution is -0.359. The van der Waals surface area contributed by atoms with Crippen molar-refractivity contribution in [2.75, 3.05) is 19.8 Å². The predicted molar refractivity (Wildman–Crippen MR) is 337 cm³/mol. The van der Waals surface area contributed by atoms with E-state index in [2.05, 4.69) is 19.2 Å². The van der Waals surface area contributed by atoms with Crippen molar-refractivity contribution >= 4 is 5.91 Å². The molecule has 14 heteroatoms. The topological polar surface area (TPSA) is 228 Å². The van der Waals surface area contributed by atoms with E-state index in [9.17, 15) is 45.6 Å². The zero-order valence-electron chi connectivity index (χ0n) is 53.5. The van der Waals surface area contributed by atoms with Crippen molar-refractivity contribution in [3.63, 3.8) is 0 Å². The molecule has 2 fully saturated rings. The maximum Gasteiger partial charge on any atom is 0.220 e. The molecule has 2 heterocycles. The van der Waals surface area contributed by atoms with E-state index < -0.39 is 86.8 Å². The lowest BCUT2D eigenvalue weighted by Gasteiger charge is -2.46. The van der Waals surface area contributed by atoms with Crippen LogP contribution in [0.15, 0.2) is 12.2 Å². The number of hydrogen-bond acceptors (Lipinski definition) is 13. The molecule has 0 saturated carbocycles. The number of rotatable bonds is 59. The summed E-state index contributed by atoms with van der Waals surface area (Å²) in [6.45, 7) is 2.85. The largest absolute Gasteiger partial charge is 0.394 e. The van der Waals surface area contributed by atoms with Crippen LogP contribution in [0, 0.1) is 0 Å². The van der Waals surface area contributed by atoms with Gasteiger partial charge in [-0.3, -0.25) is 4.79 Å². The molecule has 2 aliphatic heterocycles. The zero-order chi connectivity index (χ0) is 60.2. The average molecular weight is 1180 g/mol. The number of nitrogens with one attached hydrogen (secondary N) is 1. The number of carbonyl (C=O) groups excluding carboxylic acids is 1. The molecule has 2 rings (SSSR count). The van der Waals surface area contributed by atoms with Crippen LogP contribution in [0.5, 0.6) is 0 Å². The SMILES string of the molecule is CCCCCCCCCCCCCCCCCCCCCCCCCCCCCCCC/C=C/C(O)C(COC1OC(CO)C(OC2OC(CO)C(O)C(O)C2O)C(O)C1O)NC(=O)CCCCCCCCCCCCCCCCCCC. The number of carbonyl (C=O) groups is 1. The van der Waals surface area contributed by atoms with Crippen LogP contribution in [0.3, 0.4) is 0 Å². The Hall–Kier alpha value is -1.27. The molecular formula is C69H133NO13. The molecule has 0 aromatic carbocycles. The Morgan fingerprint density at radius 1 is 0.422 bits per heavy atom. The van der Waals surface area contributed by atoms with Gasteiger partial charge in [-0.15, -0.1) is 0 Å². The van der Waals surface area contributed by atoms with E-state index in [0.29, 0.717) is 6.42 Å². The van der Waals surface area contributed by atoms with E-state index in [-0.39, 0.29) is 18.9 Å². The standard InChI is InChI=1S/C69H133NO13/c1-3-5-7-9-11-13-15-17-19-21-22-23-24-25-26-27-28-29-30-31-32-33-34-35-37-38-40-42-44-46-48-50-52-58(73)57(70-61(74)53-51-49-47-45-43-41-39-36-20-18-16-14-12-10-8-6-4-2)56-80-68-66(79)64(77)67(60(55-72)82-68)83-69-65(78)63(76)62(75)59(54-71)81-69/h50,52,57-60,62-69,71-73,75-79H,3-49,51,53-56H2,1-2H3,(H,70,74)/b52-50+. The molecule has 0 radical (unpaired) electrons. The Bertz CT molecular complexity index is 1440. The Morgan fingerprint density at radius 3 is 1.11 bits per heavy atom. The number of hydrogen-bond donors (Lipinski definition) is 9. The molecule has 12 atom stereocenters. The molecule has 83 heavy (non-hydrogen) atoms. The first-order valence-corrected chi connectivity index (χ1v) is 35.4. The summed E-state index contributed by atoms with van der Waals surface area (Å²) >= 11 is 0. The van der Waals surface area contributed by atoms with Gasteiger partial charge in [0.2, 0.25) is 5.91 Å². The van der Waals surface area contributed by atoms with Crippen LogP contribution in [0.25, 0.3) is 0 Å². The molecule has 0 aromatic rings. The van der Waals surface area contributed by atoms with E-state index in [0.717, 1.165) is 38.5 Å². The Morgan fingerprint density at radius 2 is 0.747 bits per heavy atom. The molecule has 0 bridgehead atoms. The van der Waals surface area contributed by atoms with Crippen molar-refractivity contribution in [3.05, 3.63) is 12.2 Å². The van der Waals surface area contributed by atoms with Crippen molar-refractivity contribution in [2.45, 2.75) is 402 Å². The lowest BCUT2D eigenvalue weighted by atomic mass is 9.97. The lowest BCUT2D eigenvalue weighted by Crippen LogP contribution is -2.65. The minimum absolute atomic E-state index is 0.232. The third-order valence-electron chi connectivity index (χ3n) is 17.7. The summed E-state index contributed by atoms with van der Waals surface area (Å²) in [5.41, 5.74) is 0. The highest BCUT2D eigenvalue weighted by Gasteiger charge is 2.51. The van der Waals surface area contributed by atoms with E-state index in [4.69, 9.17) is 18.9 Å². The minimum atomic E-state index is -1.79. The summed E-state index contributed by atoms with van der Waals surface area (Å²) in [6.07, 6.45) is 49.9. The van der Waals surface area contributed by atoms with Gasteiger partial charge in [-0.05, 0) is 19.3 Å². The molecule has 0 aromatic heterocycles. The van der Waals surface area contributed by atoms with Gasteiger partial charge in [-0.2, -0.15) is 0 Å². The molecule has 1 amide bonds. The summed E-state index contributed by atoms with van der Waals surface area (Å²) in [6, 6.07) is -0.911. The molecule has 0 aliphatic carbocycles. The molecule has 12 unspecified atom stereocenters. The monoisotopic (exact) mass is 1180 g/mol. The Balaban J connectivity index is 1.64. The van der Waals surface area contributed by atoms with Crippen LogP contribution >= 0.6 is 0 Å². The molecule has 14 nitrogen and oxygen atoms in total. The highest BCUT2D eigenvalue weighted by Crippen LogP contribution is 2.30. The van der Waals surface area contributed by atoms with Crippen molar-refractivity contribution < 1.29 is 64.6 Å². The Labute approximate surface area is 507 Å². The first-order chi connectivity index (χ1) is 40.6. The third-order valence-corrected chi connectivity index (χ3v) is 17.7. The van der Waals surface area contributed by atoms with Gasteiger partial charge in [0, 0.05) is 6.42 Å². The second-order valence-corrected chi connectivity index (χ2v) is 25.4. The summed E-state index contributed by atoms with van der Waals surface area (Å²) < 4.78 is 22.9. The normalized spacial score (nSPS) is 23.8. The minimum Gasteiger partial charge on any atom is -0.394 e. The molecule has 9 N–H and O–H groups in total. The summed E-state index contributed by atoms with van der Waals surface area (Å²) in [7, 11) is 0. The second kappa shape index (κ2) is 54.8. The van der Waals surface area contributed by atoms with Crippen LogP contribution in [0.2, 0.25) is 0 Å². The summed E-state index contributed by atoms with van der Waals surface area (Å²) in [4.78, 5) is 13.3. The van der Waals surface area contributed by atoms with Crippen molar-refractivity contribution in [1.82, 2.24) is 5.32 Å². The fourth-order valence-electron chi connectivity index (χ4n) is 12.1. The van der Waals surface area contributed by atoms with Gasteiger partial charge in [-0.1, -0.05) is 315 Å². The number of amides is 1. The molecule has 2 aliphatic rings. The van der Waals surface area contributed by atoms with E-state index >= 15 is 0 Å². The number of unbranched alkanes of at least 4 members (excludes halogenated alkanes) is 46. The van der Waals surface area contributed by atoms with E-state index in [1.807, 2.05) is 6.08 Å². The van der Waals surface area contributed by atoms with Gasteiger partial charge in [-0.25, -0.2) is 0 Å². The smallest absolute Gasteiger partial charge is 0.220 e. The van der Waals surface area contributed by atoms with Crippen molar-refractivity contribution in [2.24, 2.45) is 0 Å². The van der Waals surface area contributed by atoms with Crippen LogP contribution < -0.4 is 5.32 Å². The van der Waals surface area contributed by atoms with Crippen molar-refractivity contribution in [1.29, 1.82) is 0 Å². The van der Waals surface area contributed by atoms with Crippen LogP contribution in [0.4, 0.5) is 0 Å². The van der Waals surface area contributed by atoms with Gasteiger partial charge < -0.3 is 65.1 Å². The number of aliphatic hydroxyl groups excluding tert-OH is 8. The van der Waals surface area contributed by atoms with Gasteiger partial charge >= 0.3 is 0 Å². The van der Waals surface area contributed by atoms with Gasteiger partial charge in [0.25, 0.3) is 0 Å². The van der Waals surface area contributed by atoms with Crippen LogP contribution in [-0.4, -0.2) is 140 Å². The number of allylic oxidation sites excluding steroid dienone is 1. The fourth-order valence-corrected chi connectivity index (χ4v) is 12.1. The summed E-state index contributed by atoms with van der Waals surface area (Å²) in [5, 5.41) is 87.4. The maximum absolute atomic E-state index is 13.3. The first-order valence-electron chi connectivity index (χ1n) is 35.4. The summed E-state index contributed by atoms with van der Waals surface area (Å²) in [5.74, 6) is -0.232. The van der Waals surface area contributed by atoms with Gasteiger partial charge in [0.05, 0.1) is 32.0 Å². The van der Waals surface area contributed by atoms with E-state index in [1.54, 1.807) is 6.08 Å². The second-order valence-electron chi connectivity index (χ2n) is 25.4. The highest BCUT2D eigenvalue weighted by molar-refractivity contribution is 5.76. The quantitative estimate of drug-likeness (QED) is 0.0204. The predicted octanol–water partition coefficient (Wildman–Crippen LogP) is 14.2. The Kier molecular flexibility index (Phi) is 51.4. The molecule has 2 saturated heterocycles. The van der Waals surface area contributed by atoms with Crippen LogP contribution in [0.1, 0.15) is 328 Å². The van der Waals surface area contributed by atoms with Crippen molar-refractivity contribution in [3.8, 4) is 0 Å². The average Bonchev–Trinajstić information content (AvgIpc) is 3.65. The molecular weight excluding hydrogens is 1050 g/mol. The zero-order valence-corrected chi connectivity index (χ0v) is 53.5. The first kappa shape index (κ1) is 77.8. The fraction of sp³-hybridized carbons (Fsp3) is 0.957. The third kappa shape index (κ3) is 39.4. The molecule has 492 valence electrons. The van der Waals surface area contributed by atoms with Crippen LogP contribution in [-0.2, 0) is 23.7 Å². The van der Waals surface area contributed by atoms with Gasteiger partial charge in [0.1, 0.15) is 48.8 Å². The van der Waals surface area contributed by atoms with E-state index in [1.165, 1.54) is 263 Å². The number of ether oxygens (including phenoxy) is 4. The maximum atomic E-state index is 13.3. The number of aliphatic hydroxyl groups is 8. The molecule has 0 spiro atoms.